The first-order chi connectivity index (χ1) is 18.0. The Balaban J connectivity index is 1.70. The average molecular weight is 510 g/mol. The molecule has 0 saturated carbocycles. The number of carbonyl (C=O) groups excluding carboxylic acids is 1. The minimum absolute atomic E-state index is 0.155. The topological polar surface area (TPSA) is 66.5 Å². The molecule has 0 N–H and O–H groups in total. The predicted molar refractivity (Wildman–Crippen MR) is 138 cm³/mol. The number of carbonyl (C=O) groups is 1. The Morgan fingerprint density at radius 1 is 0.865 bits per heavy atom. The molecule has 0 aromatic heterocycles. The number of methoxy groups -OCH3 is 2. The maximum Gasteiger partial charge on any atom is 0.254 e. The predicted octanol–water partition coefficient (Wildman–Crippen LogP) is 5.46. The summed E-state index contributed by atoms with van der Waals surface area (Å²) in [6, 6.07) is 14.5. The molecule has 196 valence electrons. The maximum absolute atomic E-state index is 13.8. The van der Waals surface area contributed by atoms with Crippen molar-refractivity contribution < 1.29 is 32.9 Å². The van der Waals surface area contributed by atoms with E-state index in [0.717, 1.165) is 11.1 Å². The van der Waals surface area contributed by atoms with E-state index in [-0.39, 0.29) is 18.3 Å². The van der Waals surface area contributed by atoms with Gasteiger partial charge >= 0.3 is 0 Å². The van der Waals surface area contributed by atoms with Gasteiger partial charge in [0.25, 0.3) is 5.91 Å². The van der Waals surface area contributed by atoms with E-state index in [9.17, 15) is 9.18 Å². The number of benzene rings is 3. The summed E-state index contributed by atoms with van der Waals surface area (Å²) in [7, 11) is 3.18. The third-order valence-electron chi connectivity index (χ3n) is 6.28. The van der Waals surface area contributed by atoms with Gasteiger partial charge in [0, 0.05) is 12.1 Å². The van der Waals surface area contributed by atoms with Gasteiger partial charge in [0.15, 0.2) is 23.0 Å². The molecule has 1 aliphatic heterocycles. The van der Waals surface area contributed by atoms with E-state index in [2.05, 4.69) is 0 Å². The Kier molecular flexibility index (Phi) is 8.38. The number of fused-ring (bicyclic) bond motifs is 1. The normalized spacial score (nSPS) is 14.5. The van der Waals surface area contributed by atoms with Crippen molar-refractivity contribution in [3.05, 3.63) is 77.1 Å². The molecule has 0 unspecified atom stereocenters. The van der Waals surface area contributed by atoms with Crippen molar-refractivity contribution in [3.8, 4) is 28.7 Å². The van der Waals surface area contributed by atoms with E-state index in [1.54, 1.807) is 49.5 Å². The summed E-state index contributed by atoms with van der Waals surface area (Å²) in [5.74, 6) is 2.34. The molecule has 37 heavy (non-hydrogen) atoms. The molecule has 4 rings (SSSR count). The quantitative estimate of drug-likeness (QED) is 0.362. The average Bonchev–Trinajstić information content (AvgIpc) is 2.92. The van der Waals surface area contributed by atoms with E-state index >= 15 is 0 Å². The number of rotatable bonds is 10. The van der Waals surface area contributed by atoms with Crippen LogP contribution >= 0.6 is 0 Å². The van der Waals surface area contributed by atoms with Crippen LogP contribution in [0.3, 0.4) is 0 Å². The maximum atomic E-state index is 13.8. The van der Waals surface area contributed by atoms with Gasteiger partial charge in [0.1, 0.15) is 18.2 Å². The fourth-order valence-corrected chi connectivity index (χ4v) is 4.51. The third-order valence-corrected chi connectivity index (χ3v) is 6.28. The summed E-state index contributed by atoms with van der Waals surface area (Å²) < 4.78 is 41.9. The number of hydrogen-bond donors (Lipinski definition) is 0. The molecule has 7 nitrogen and oxygen atoms in total. The Labute approximate surface area is 216 Å². The summed E-state index contributed by atoms with van der Waals surface area (Å²) in [4.78, 5) is 15.6. The molecule has 1 aliphatic rings. The molecule has 0 radical (unpaired) electrons. The molecule has 1 heterocycles. The van der Waals surface area contributed by atoms with Crippen LogP contribution in [0.2, 0.25) is 0 Å². The zero-order chi connectivity index (χ0) is 26.4. The van der Waals surface area contributed by atoms with E-state index < -0.39 is 6.04 Å². The standard InChI is InChI=1S/C29H32FNO6/c1-5-35-25-12-7-20(16-28(25)36-6-2)29(32)31-14-13-19-15-26(33-3)27(34-4)17-23(19)24(31)18-37-22-10-8-21(30)9-11-22/h7-12,15-17,24H,5-6,13-14,18H2,1-4H3/t24-/m0/s1. The van der Waals surface area contributed by atoms with Crippen molar-refractivity contribution in [2.24, 2.45) is 0 Å². The minimum Gasteiger partial charge on any atom is -0.493 e. The van der Waals surface area contributed by atoms with Crippen molar-refractivity contribution in [1.82, 2.24) is 4.90 Å². The highest BCUT2D eigenvalue weighted by Gasteiger charge is 2.33. The van der Waals surface area contributed by atoms with Crippen molar-refractivity contribution >= 4 is 5.91 Å². The molecule has 3 aromatic carbocycles. The van der Waals surface area contributed by atoms with Gasteiger partial charge in [-0.1, -0.05) is 0 Å². The van der Waals surface area contributed by atoms with Crippen LogP contribution in [0.1, 0.15) is 41.4 Å². The lowest BCUT2D eigenvalue weighted by atomic mass is 9.91. The largest absolute Gasteiger partial charge is 0.493 e. The molecule has 1 atom stereocenters. The van der Waals surface area contributed by atoms with E-state index in [4.69, 9.17) is 23.7 Å². The van der Waals surface area contributed by atoms with Gasteiger partial charge in [0.05, 0.1) is 33.5 Å². The first-order valence-electron chi connectivity index (χ1n) is 12.3. The zero-order valence-corrected chi connectivity index (χ0v) is 21.6. The first-order valence-corrected chi connectivity index (χ1v) is 12.3. The number of hydrogen-bond acceptors (Lipinski definition) is 6. The van der Waals surface area contributed by atoms with Gasteiger partial charge in [0.2, 0.25) is 0 Å². The monoisotopic (exact) mass is 509 g/mol. The van der Waals surface area contributed by atoms with Crippen molar-refractivity contribution in [1.29, 1.82) is 0 Å². The van der Waals surface area contributed by atoms with Crippen LogP contribution in [0.25, 0.3) is 0 Å². The number of ether oxygens (including phenoxy) is 5. The van der Waals surface area contributed by atoms with Crippen LogP contribution in [0, 0.1) is 5.82 Å². The molecule has 8 heteroatoms. The lowest BCUT2D eigenvalue weighted by Gasteiger charge is -2.37. The van der Waals surface area contributed by atoms with Crippen LogP contribution in [0.5, 0.6) is 28.7 Å². The Bertz CT molecular complexity index is 1230. The smallest absolute Gasteiger partial charge is 0.254 e. The van der Waals surface area contributed by atoms with E-state index in [1.807, 2.05) is 26.0 Å². The van der Waals surface area contributed by atoms with Gasteiger partial charge < -0.3 is 28.6 Å². The second-order valence-electron chi connectivity index (χ2n) is 8.46. The number of amides is 1. The summed E-state index contributed by atoms with van der Waals surface area (Å²) in [6.07, 6.45) is 0.643. The van der Waals surface area contributed by atoms with Gasteiger partial charge in [-0.05, 0) is 86.0 Å². The Morgan fingerprint density at radius 3 is 2.22 bits per heavy atom. The van der Waals surface area contributed by atoms with Crippen molar-refractivity contribution in [2.45, 2.75) is 26.3 Å². The number of halogens is 1. The van der Waals surface area contributed by atoms with E-state index in [1.165, 1.54) is 12.1 Å². The summed E-state index contributed by atoms with van der Waals surface area (Å²) in [6.45, 7) is 5.38. The molecular formula is C29H32FNO6. The van der Waals surface area contributed by atoms with Gasteiger partial charge in [-0.2, -0.15) is 0 Å². The second kappa shape index (κ2) is 11.9. The van der Waals surface area contributed by atoms with Gasteiger partial charge in [-0.15, -0.1) is 0 Å². The van der Waals surface area contributed by atoms with Crippen LogP contribution in [0.15, 0.2) is 54.6 Å². The molecule has 0 fully saturated rings. The molecule has 0 aliphatic carbocycles. The van der Waals surface area contributed by atoms with Crippen LogP contribution in [-0.4, -0.2) is 51.4 Å². The lowest BCUT2D eigenvalue weighted by molar-refractivity contribution is 0.0588. The third kappa shape index (κ3) is 5.74. The summed E-state index contributed by atoms with van der Waals surface area (Å²) in [5.41, 5.74) is 2.45. The SMILES string of the molecule is CCOc1ccc(C(=O)N2CCc3cc(OC)c(OC)cc3[C@@H]2COc2ccc(F)cc2)cc1OCC. The van der Waals surface area contributed by atoms with Gasteiger partial charge in [-0.25, -0.2) is 4.39 Å². The Morgan fingerprint density at radius 2 is 1.54 bits per heavy atom. The molecule has 0 saturated heterocycles. The lowest BCUT2D eigenvalue weighted by Crippen LogP contribution is -2.42. The molecule has 0 bridgehead atoms. The molecular weight excluding hydrogens is 477 g/mol. The molecule has 3 aromatic rings. The summed E-state index contributed by atoms with van der Waals surface area (Å²) in [5, 5.41) is 0. The van der Waals surface area contributed by atoms with Crippen molar-refractivity contribution in [2.75, 3.05) is 40.6 Å². The molecule has 1 amide bonds. The fourth-order valence-electron chi connectivity index (χ4n) is 4.51. The summed E-state index contributed by atoms with van der Waals surface area (Å²) >= 11 is 0. The second-order valence-corrected chi connectivity index (χ2v) is 8.46. The highest BCUT2D eigenvalue weighted by Crippen LogP contribution is 2.39. The minimum atomic E-state index is -0.414. The zero-order valence-electron chi connectivity index (χ0n) is 21.6. The number of nitrogens with zero attached hydrogens (tertiary/aromatic N) is 1. The van der Waals surface area contributed by atoms with Gasteiger partial charge in [-0.3, -0.25) is 4.79 Å². The molecule has 0 spiro atoms. The van der Waals surface area contributed by atoms with Crippen LogP contribution in [-0.2, 0) is 6.42 Å². The first kappa shape index (κ1) is 26.1. The van der Waals surface area contributed by atoms with Crippen molar-refractivity contribution in [3.63, 3.8) is 0 Å². The van der Waals surface area contributed by atoms with E-state index in [0.29, 0.717) is 60.5 Å². The fraction of sp³-hybridized carbons (Fsp3) is 0.345. The highest BCUT2D eigenvalue weighted by molar-refractivity contribution is 5.95. The van der Waals surface area contributed by atoms with Crippen LogP contribution in [0.4, 0.5) is 4.39 Å². The Hall–Kier alpha value is -3.94. The van der Waals surface area contributed by atoms with Crippen LogP contribution < -0.4 is 23.7 Å². The highest BCUT2D eigenvalue weighted by atomic mass is 19.1.